The lowest BCUT2D eigenvalue weighted by Gasteiger charge is -2.06. The summed E-state index contributed by atoms with van der Waals surface area (Å²) in [5.74, 6) is 2.16. The average Bonchev–Trinajstić information content (AvgIpc) is 1.85. The van der Waals surface area contributed by atoms with Crippen LogP contribution in [0.5, 0.6) is 0 Å². The highest BCUT2D eigenvalue weighted by Gasteiger charge is 1.97. The molecule has 0 radical (unpaired) electrons. The number of thioether (sulfide) groups is 1. The van der Waals surface area contributed by atoms with E-state index in [2.05, 4.69) is 26.5 Å². The SMILES string of the molecule is CCCC(C)CSCS. The van der Waals surface area contributed by atoms with Crippen molar-refractivity contribution in [3.63, 3.8) is 0 Å². The molecule has 0 aliphatic rings. The lowest BCUT2D eigenvalue weighted by Crippen LogP contribution is -1.96. The van der Waals surface area contributed by atoms with Gasteiger partial charge in [-0.2, -0.15) is 24.4 Å². The zero-order valence-electron chi connectivity index (χ0n) is 6.26. The number of hydrogen-bond acceptors (Lipinski definition) is 2. The zero-order chi connectivity index (χ0) is 7.11. The lowest BCUT2D eigenvalue weighted by molar-refractivity contribution is 0.585. The van der Waals surface area contributed by atoms with E-state index in [1.54, 1.807) is 0 Å². The fourth-order valence-electron chi connectivity index (χ4n) is 0.830. The Morgan fingerprint density at radius 3 is 2.67 bits per heavy atom. The van der Waals surface area contributed by atoms with Crippen molar-refractivity contribution in [3.8, 4) is 0 Å². The van der Waals surface area contributed by atoms with Crippen molar-refractivity contribution in [1.82, 2.24) is 0 Å². The van der Waals surface area contributed by atoms with Crippen molar-refractivity contribution < 1.29 is 0 Å². The fraction of sp³-hybridized carbons (Fsp3) is 1.00. The standard InChI is InChI=1S/C7H16S2/c1-3-4-7(2)5-9-6-8/h7-8H,3-6H2,1-2H3. The first-order valence-electron chi connectivity index (χ1n) is 3.49. The Morgan fingerprint density at radius 2 is 2.22 bits per heavy atom. The first-order valence-corrected chi connectivity index (χ1v) is 5.28. The number of rotatable bonds is 5. The summed E-state index contributed by atoms with van der Waals surface area (Å²) in [4.78, 5) is 0. The Hall–Kier alpha value is 0.700. The van der Waals surface area contributed by atoms with Crippen LogP contribution in [-0.4, -0.2) is 10.8 Å². The van der Waals surface area contributed by atoms with Crippen molar-refractivity contribution in [3.05, 3.63) is 0 Å². The average molecular weight is 164 g/mol. The van der Waals surface area contributed by atoms with Crippen LogP contribution in [0.1, 0.15) is 26.7 Å². The quantitative estimate of drug-likeness (QED) is 0.481. The van der Waals surface area contributed by atoms with Crippen LogP contribution in [0.15, 0.2) is 0 Å². The van der Waals surface area contributed by atoms with E-state index in [1.807, 2.05) is 11.8 Å². The molecule has 0 amide bonds. The van der Waals surface area contributed by atoms with E-state index in [1.165, 1.54) is 18.6 Å². The molecule has 0 aromatic carbocycles. The third-order valence-corrected chi connectivity index (χ3v) is 2.81. The summed E-state index contributed by atoms with van der Waals surface area (Å²) >= 11 is 6.05. The van der Waals surface area contributed by atoms with Gasteiger partial charge in [0, 0.05) is 5.08 Å². The highest BCUT2D eigenvalue weighted by Crippen LogP contribution is 2.13. The van der Waals surface area contributed by atoms with E-state index in [9.17, 15) is 0 Å². The molecule has 0 saturated carbocycles. The van der Waals surface area contributed by atoms with E-state index in [4.69, 9.17) is 0 Å². The van der Waals surface area contributed by atoms with Crippen LogP contribution in [0.25, 0.3) is 0 Å². The Bertz CT molecular complexity index is 54.9. The Labute approximate surface area is 68.2 Å². The van der Waals surface area contributed by atoms with Gasteiger partial charge in [0.25, 0.3) is 0 Å². The number of thiol groups is 1. The molecule has 0 nitrogen and oxygen atoms in total. The molecule has 0 bridgehead atoms. The second-order valence-corrected chi connectivity index (χ2v) is 4.17. The van der Waals surface area contributed by atoms with Crippen molar-refractivity contribution in [1.29, 1.82) is 0 Å². The molecule has 0 aromatic rings. The molecule has 2 heteroatoms. The van der Waals surface area contributed by atoms with Gasteiger partial charge in [0.05, 0.1) is 0 Å². The van der Waals surface area contributed by atoms with Crippen LogP contribution in [0.2, 0.25) is 0 Å². The second kappa shape index (κ2) is 6.81. The zero-order valence-corrected chi connectivity index (χ0v) is 7.97. The van der Waals surface area contributed by atoms with Gasteiger partial charge in [0.2, 0.25) is 0 Å². The van der Waals surface area contributed by atoms with Crippen LogP contribution >= 0.6 is 24.4 Å². The summed E-state index contributed by atoms with van der Waals surface area (Å²) in [6.45, 7) is 4.54. The van der Waals surface area contributed by atoms with Gasteiger partial charge in [-0.15, -0.1) is 0 Å². The molecule has 9 heavy (non-hydrogen) atoms. The Morgan fingerprint density at radius 1 is 1.56 bits per heavy atom. The summed E-state index contributed by atoms with van der Waals surface area (Å²) in [6, 6.07) is 0. The molecule has 1 atom stereocenters. The van der Waals surface area contributed by atoms with Gasteiger partial charge < -0.3 is 0 Å². The van der Waals surface area contributed by atoms with Gasteiger partial charge in [-0.05, 0) is 11.7 Å². The maximum absolute atomic E-state index is 4.13. The lowest BCUT2D eigenvalue weighted by atomic mass is 10.1. The van der Waals surface area contributed by atoms with Crippen LogP contribution in [-0.2, 0) is 0 Å². The monoisotopic (exact) mass is 164 g/mol. The van der Waals surface area contributed by atoms with E-state index in [-0.39, 0.29) is 0 Å². The third-order valence-electron chi connectivity index (χ3n) is 1.28. The topological polar surface area (TPSA) is 0 Å². The maximum atomic E-state index is 4.13. The van der Waals surface area contributed by atoms with Gasteiger partial charge in [-0.3, -0.25) is 0 Å². The molecule has 0 aliphatic carbocycles. The highest BCUT2D eigenvalue weighted by molar-refractivity contribution is 8.09. The van der Waals surface area contributed by atoms with Gasteiger partial charge >= 0.3 is 0 Å². The van der Waals surface area contributed by atoms with Crippen molar-refractivity contribution in [2.24, 2.45) is 5.92 Å². The van der Waals surface area contributed by atoms with E-state index >= 15 is 0 Å². The summed E-state index contributed by atoms with van der Waals surface area (Å²) in [7, 11) is 0. The molecule has 0 fully saturated rings. The van der Waals surface area contributed by atoms with Crippen molar-refractivity contribution >= 4 is 24.4 Å². The molecule has 56 valence electrons. The molecule has 0 heterocycles. The maximum Gasteiger partial charge on any atom is 0.0361 e. The van der Waals surface area contributed by atoms with Gasteiger partial charge in [0.15, 0.2) is 0 Å². The number of hydrogen-bond donors (Lipinski definition) is 1. The summed E-state index contributed by atoms with van der Waals surface area (Å²) in [5, 5.41) is 0.966. The molecule has 1 unspecified atom stereocenters. The van der Waals surface area contributed by atoms with Crippen LogP contribution in [0.3, 0.4) is 0 Å². The first kappa shape index (κ1) is 9.70. The molecule has 0 aliphatic heterocycles. The minimum absolute atomic E-state index is 0.882. The third kappa shape index (κ3) is 6.59. The van der Waals surface area contributed by atoms with Gasteiger partial charge in [0.1, 0.15) is 0 Å². The van der Waals surface area contributed by atoms with Gasteiger partial charge in [-0.1, -0.05) is 26.7 Å². The van der Waals surface area contributed by atoms with Crippen LogP contribution in [0.4, 0.5) is 0 Å². The predicted octanol–water partition coefficient (Wildman–Crippen LogP) is 3.04. The van der Waals surface area contributed by atoms with E-state index in [0.29, 0.717) is 0 Å². The molecular weight excluding hydrogens is 148 g/mol. The summed E-state index contributed by atoms with van der Waals surface area (Å²) in [6.07, 6.45) is 2.68. The smallest absolute Gasteiger partial charge is 0.0361 e. The molecule has 0 N–H and O–H groups in total. The minimum Gasteiger partial charge on any atom is -0.168 e. The summed E-state index contributed by atoms with van der Waals surface area (Å²) in [5.41, 5.74) is 0. The predicted molar refractivity (Wildman–Crippen MR) is 50.4 cm³/mol. The molecule has 0 saturated heterocycles. The summed E-state index contributed by atoms with van der Waals surface area (Å²) < 4.78 is 0. The van der Waals surface area contributed by atoms with Crippen molar-refractivity contribution in [2.45, 2.75) is 26.7 Å². The minimum atomic E-state index is 0.882. The van der Waals surface area contributed by atoms with Crippen LogP contribution in [0, 0.1) is 5.92 Å². The molecular formula is C7H16S2. The fourth-order valence-corrected chi connectivity index (χ4v) is 1.82. The van der Waals surface area contributed by atoms with Crippen LogP contribution < -0.4 is 0 Å². The molecule has 0 spiro atoms. The Kier molecular flexibility index (Phi) is 7.34. The second-order valence-electron chi connectivity index (χ2n) is 2.39. The largest absolute Gasteiger partial charge is 0.168 e. The van der Waals surface area contributed by atoms with E-state index < -0.39 is 0 Å². The van der Waals surface area contributed by atoms with Gasteiger partial charge in [-0.25, -0.2) is 0 Å². The highest BCUT2D eigenvalue weighted by atomic mass is 32.2. The Balaban J connectivity index is 2.95. The molecule has 0 aromatic heterocycles. The normalized spacial score (nSPS) is 13.7. The van der Waals surface area contributed by atoms with Crippen molar-refractivity contribution in [2.75, 3.05) is 10.8 Å². The molecule has 0 rings (SSSR count). The van der Waals surface area contributed by atoms with E-state index in [0.717, 1.165) is 11.0 Å². The first-order chi connectivity index (χ1) is 4.31.